The predicted molar refractivity (Wildman–Crippen MR) is 115 cm³/mol. The molecule has 2 aromatic rings. The van der Waals surface area contributed by atoms with Crippen molar-refractivity contribution in [2.75, 3.05) is 46.9 Å². The molecule has 0 saturated carbocycles. The number of pyridine rings is 1. The number of likely N-dealkylation sites (tertiary alicyclic amines) is 1. The average molecular weight is 415 g/mol. The maximum Gasteiger partial charge on any atom is 0.224 e. The molecule has 162 valence electrons. The van der Waals surface area contributed by atoms with Crippen LogP contribution >= 0.6 is 0 Å². The van der Waals surface area contributed by atoms with Gasteiger partial charge in [-0.05, 0) is 50.3 Å². The molecule has 1 fully saturated rings. The molecule has 3 rings (SSSR count). The normalized spacial score (nSPS) is 19.6. The first-order valence-corrected chi connectivity index (χ1v) is 10.4. The molecule has 1 aliphatic rings. The SMILES string of the molecule is CN(C)CCNC(=O)[C@@H]1C[C@H](COc2cccc(F)c2)CN(Cc2ccncc2)C1. The van der Waals surface area contributed by atoms with Crippen LogP contribution in [0, 0.1) is 17.7 Å². The summed E-state index contributed by atoms with van der Waals surface area (Å²) >= 11 is 0. The van der Waals surface area contributed by atoms with Crippen LogP contribution in [0.25, 0.3) is 0 Å². The van der Waals surface area contributed by atoms with Gasteiger partial charge >= 0.3 is 0 Å². The summed E-state index contributed by atoms with van der Waals surface area (Å²) in [6.45, 7) is 4.21. The van der Waals surface area contributed by atoms with Crippen LogP contribution in [0.1, 0.15) is 12.0 Å². The van der Waals surface area contributed by atoms with Gasteiger partial charge in [0, 0.05) is 57.1 Å². The van der Waals surface area contributed by atoms with E-state index in [0.717, 1.165) is 26.1 Å². The summed E-state index contributed by atoms with van der Waals surface area (Å²) < 4.78 is 19.3. The maximum absolute atomic E-state index is 13.4. The maximum atomic E-state index is 13.4. The van der Waals surface area contributed by atoms with Crippen molar-refractivity contribution in [3.63, 3.8) is 0 Å². The molecule has 0 unspecified atom stereocenters. The molecular formula is C23H31FN4O2. The highest BCUT2D eigenvalue weighted by atomic mass is 19.1. The van der Waals surface area contributed by atoms with Gasteiger partial charge in [-0.2, -0.15) is 0 Å². The molecule has 0 radical (unpaired) electrons. The molecule has 0 spiro atoms. The number of benzene rings is 1. The Labute approximate surface area is 178 Å². The second-order valence-electron chi connectivity index (χ2n) is 8.21. The number of halogens is 1. The molecule has 0 bridgehead atoms. The van der Waals surface area contributed by atoms with E-state index >= 15 is 0 Å². The lowest BCUT2D eigenvalue weighted by Gasteiger charge is -2.37. The molecule has 1 amide bonds. The number of amides is 1. The molecule has 30 heavy (non-hydrogen) atoms. The van der Waals surface area contributed by atoms with Crippen molar-refractivity contribution in [3.05, 3.63) is 60.2 Å². The molecule has 0 aliphatic carbocycles. The smallest absolute Gasteiger partial charge is 0.224 e. The van der Waals surface area contributed by atoms with Crippen molar-refractivity contribution in [2.24, 2.45) is 11.8 Å². The van der Waals surface area contributed by atoms with Gasteiger partial charge in [0.05, 0.1) is 12.5 Å². The fraction of sp³-hybridized carbons (Fsp3) is 0.478. The second-order valence-corrected chi connectivity index (χ2v) is 8.21. The number of nitrogens with zero attached hydrogens (tertiary/aromatic N) is 3. The van der Waals surface area contributed by atoms with Crippen LogP contribution < -0.4 is 10.1 Å². The standard InChI is InChI=1S/C23H31FN4O2/c1-27(2)11-10-26-23(29)20-12-19(17-30-22-5-3-4-21(24)13-22)15-28(16-20)14-18-6-8-25-9-7-18/h3-9,13,19-20H,10-12,14-17H2,1-2H3,(H,26,29)/t19-,20+/m0/s1. The zero-order valence-electron chi connectivity index (χ0n) is 17.8. The Kier molecular flexibility index (Phi) is 8.16. The van der Waals surface area contributed by atoms with Gasteiger partial charge in [0.15, 0.2) is 0 Å². The number of aromatic nitrogens is 1. The minimum Gasteiger partial charge on any atom is -0.493 e. The van der Waals surface area contributed by atoms with Crippen LogP contribution in [0.3, 0.4) is 0 Å². The quantitative estimate of drug-likeness (QED) is 0.683. The topological polar surface area (TPSA) is 57.7 Å². The summed E-state index contributed by atoms with van der Waals surface area (Å²) in [5.41, 5.74) is 1.17. The molecule has 7 heteroatoms. The highest BCUT2D eigenvalue weighted by Gasteiger charge is 2.32. The Hall–Kier alpha value is -2.51. The van der Waals surface area contributed by atoms with E-state index in [-0.39, 0.29) is 23.6 Å². The highest BCUT2D eigenvalue weighted by Crippen LogP contribution is 2.25. The zero-order chi connectivity index (χ0) is 21.3. The first-order valence-electron chi connectivity index (χ1n) is 10.4. The van der Waals surface area contributed by atoms with E-state index in [1.807, 2.05) is 31.1 Å². The molecule has 1 saturated heterocycles. The number of rotatable bonds is 9. The van der Waals surface area contributed by atoms with Crippen LogP contribution in [-0.4, -0.2) is 67.6 Å². The minimum atomic E-state index is -0.311. The van der Waals surface area contributed by atoms with Crippen molar-refractivity contribution in [1.82, 2.24) is 20.1 Å². The Morgan fingerprint density at radius 3 is 2.80 bits per heavy atom. The Balaban J connectivity index is 1.62. The van der Waals surface area contributed by atoms with E-state index in [9.17, 15) is 9.18 Å². The van der Waals surface area contributed by atoms with Gasteiger partial charge in [0.2, 0.25) is 5.91 Å². The van der Waals surface area contributed by atoms with Crippen molar-refractivity contribution in [3.8, 4) is 5.75 Å². The number of piperidine rings is 1. The summed E-state index contributed by atoms with van der Waals surface area (Å²) in [7, 11) is 3.98. The third kappa shape index (κ3) is 7.07. The monoisotopic (exact) mass is 414 g/mol. The van der Waals surface area contributed by atoms with Crippen LogP contribution in [0.2, 0.25) is 0 Å². The van der Waals surface area contributed by atoms with E-state index in [2.05, 4.69) is 15.2 Å². The van der Waals surface area contributed by atoms with Crippen molar-refractivity contribution in [1.29, 1.82) is 0 Å². The minimum absolute atomic E-state index is 0.0898. The van der Waals surface area contributed by atoms with Crippen LogP contribution in [-0.2, 0) is 11.3 Å². The predicted octanol–water partition coefficient (Wildman–Crippen LogP) is 2.42. The fourth-order valence-corrected chi connectivity index (χ4v) is 3.81. The number of hydrogen-bond donors (Lipinski definition) is 1. The average Bonchev–Trinajstić information content (AvgIpc) is 2.72. The van der Waals surface area contributed by atoms with E-state index in [1.165, 1.54) is 17.7 Å². The first-order chi connectivity index (χ1) is 14.5. The summed E-state index contributed by atoms with van der Waals surface area (Å²) in [6.07, 6.45) is 4.33. The van der Waals surface area contributed by atoms with Gasteiger partial charge in [-0.25, -0.2) is 4.39 Å². The lowest BCUT2D eigenvalue weighted by atomic mass is 9.88. The van der Waals surface area contributed by atoms with Crippen LogP contribution in [0.15, 0.2) is 48.8 Å². The third-order valence-corrected chi connectivity index (χ3v) is 5.28. The Morgan fingerprint density at radius 2 is 2.07 bits per heavy atom. The van der Waals surface area contributed by atoms with E-state index in [0.29, 0.717) is 25.4 Å². The molecule has 6 nitrogen and oxygen atoms in total. The molecule has 1 aromatic heterocycles. The van der Waals surface area contributed by atoms with Crippen molar-refractivity contribution >= 4 is 5.91 Å². The van der Waals surface area contributed by atoms with E-state index in [1.54, 1.807) is 24.5 Å². The van der Waals surface area contributed by atoms with Gasteiger partial charge in [0.1, 0.15) is 11.6 Å². The van der Waals surface area contributed by atoms with Crippen molar-refractivity contribution in [2.45, 2.75) is 13.0 Å². The molecule has 1 aliphatic heterocycles. The Bertz CT molecular complexity index is 803. The largest absolute Gasteiger partial charge is 0.493 e. The van der Waals surface area contributed by atoms with Gasteiger partial charge in [0.25, 0.3) is 0 Å². The van der Waals surface area contributed by atoms with Gasteiger partial charge in [-0.1, -0.05) is 6.07 Å². The number of carbonyl (C=O) groups is 1. The number of hydrogen-bond acceptors (Lipinski definition) is 5. The second kappa shape index (κ2) is 11.0. The zero-order valence-corrected chi connectivity index (χ0v) is 17.8. The van der Waals surface area contributed by atoms with Gasteiger partial charge in [-0.3, -0.25) is 14.7 Å². The number of likely N-dealkylation sites (N-methyl/N-ethyl adjacent to an activating group) is 1. The summed E-state index contributed by atoms with van der Waals surface area (Å²) in [5, 5.41) is 3.06. The molecule has 1 N–H and O–H groups in total. The van der Waals surface area contributed by atoms with E-state index < -0.39 is 0 Å². The molecule has 1 aromatic carbocycles. The third-order valence-electron chi connectivity index (χ3n) is 5.28. The summed E-state index contributed by atoms with van der Waals surface area (Å²) in [4.78, 5) is 21.2. The Morgan fingerprint density at radius 1 is 1.27 bits per heavy atom. The van der Waals surface area contributed by atoms with Gasteiger partial charge < -0.3 is 15.0 Å². The van der Waals surface area contributed by atoms with Crippen LogP contribution in [0.5, 0.6) is 5.75 Å². The summed E-state index contributed by atoms with van der Waals surface area (Å²) in [6, 6.07) is 10.2. The number of nitrogens with one attached hydrogen (secondary N) is 1. The van der Waals surface area contributed by atoms with Crippen molar-refractivity contribution < 1.29 is 13.9 Å². The first kappa shape index (κ1) is 22.2. The molecular weight excluding hydrogens is 383 g/mol. The number of ether oxygens (including phenoxy) is 1. The highest BCUT2D eigenvalue weighted by molar-refractivity contribution is 5.79. The molecule has 2 atom stereocenters. The fourth-order valence-electron chi connectivity index (χ4n) is 3.81. The van der Waals surface area contributed by atoms with Gasteiger partial charge in [-0.15, -0.1) is 0 Å². The molecule has 2 heterocycles. The lowest BCUT2D eigenvalue weighted by molar-refractivity contribution is -0.127. The lowest BCUT2D eigenvalue weighted by Crippen LogP contribution is -2.48. The van der Waals surface area contributed by atoms with E-state index in [4.69, 9.17) is 4.74 Å². The summed E-state index contributed by atoms with van der Waals surface area (Å²) in [5.74, 6) is 0.395. The van der Waals surface area contributed by atoms with Crippen LogP contribution in [0.4, 0.5) is 4.39 Å². The number of carbonyl (C=O) groups excluding carboxylic acids is 1.